The molecule has 0 radical (unpaired) electrons. The molecule has 0 saturated heterocycles. The maximum absolute atomic E-state index is 9.21. The van der Waals surface area contributed by atoms with Crippen LogP contribution in [0.3, 0.4) is 0 Å². The summed E-state index contributed by atoms with van der Waals surface area (Å²) in [7, 11) is 0. The first-order valence-electron chi connectivity index (χ1n) is 8.63. The highest BCUT2D eigenvalue weighted by molar-refractivity contribution is 5.80. The van der Waals surface area contributed by atoms with E-state index in [1.54, 1.807) is 17.1 Å². The Morgan fingerprint density at radius 1 is 1.04 bits per heavy atom. The van der Waals surface area contributed by atoms with Crippen LogP contribution in [0.1, 0.15) is 19.8 Å². The smallest absolute Gasteiger partial charge is 0.119 e. The number of aliphatic hydroxyl groups is 1. The Kier molecular flexibility index (Phi) is 5.80. The molecule has 2 aromatic heterocycles. The van der Waals surface area contributed by atoms with Crippen LogP contribution >= 0.6 is 0 Å². The molecule has 3 rings (SSSR count). The highest BCUT2D eigenvalue weighted by Gasteiger charge is 2.13. The minimum atomic E-state index is 0.0567. The molecule has 5 heteroatoms. The second-order valence-electron chi connectivity index (χ2n) is 5.84. The van der Waals surface area contributed by atoms with Crippen molar-refractivity contribution < 1.29 is 9.84 Å². The van der Waals surface area contributed by atoms with Gasteiger partial charge in [-0.2, -0.15) is 5.10 Å². The highest BCUT2D eigenvalue weighted by atomic mass is 16.5. The van der Waals surface area contributed by atoms with Crippen molar-refractivity contribution in [1.82, 2.24) is 14.8 Å². The van der Waals surface area contributed by atoms with Crippen molar-refractivity contribution in [3.63, 3.8) is 0 Å². The maximum atomic E-state index is 9.21. The molecule has 0 saturated carbocycles. The average molecular weight is 337 g/mol. The van der Waals surface area contributed by atoms with Crippen molar-refractivity contribution in [3.05, 3.63) is 55.0 Å². The standard InChI is InChI=1S/C20H23N3O2/c1-2-3-14-25-18-6-4-17(5-7-18)20-19(15-23(22-20)12-13-24)16-8-10-21-11-9-16/h4-11,15,24H,2-3,12-14H2,1H3. The third-order valence-corrected chi connectivity index (χ3v) is 3.98. The Hall–Kier alpha value is -2.66. The lowest BCUT2D eigenvalue weighted by atomic mass is 10.0. The van der Waals surface area contributed by atoms with Gasteiger partial charge in [-0.3, -0.25) is 9.67 Å². The number of aliphatic hydroxyl groups excluding tert-OH is 1. The molecule has 0 aliphatic carbocycles. The van der Waals surface area contributed by atoms with Crippen LogP contribution in [0.4, 0.5) is 0 Å². The summed E-state index contributed by atoms with van der Waals surface area (Å²) in [6.07, 6.45) is 7.68. The maximum Gasteiger partial charge on any atom is 0.119 e. The monoisotopic (exact) mass is 337 g/mol. The molecule has 2 heterocycles. The summed E-state index contributed by atoms with van der Waals surface area (Å²) in [5.74, 6) is 0.873. The van der Waals surface area contributed by atoms with E-state index in [0.29, 0.717) is 6.54 Å². The molecule has 130 valence electrons. The summed E-state index contributed by atoms with van der Waals surface area (Å²) in [5, 5.41) is 13.9. The molecule has 25 heavy (non-hydrogen) atoms. The van der Waals surface area contributed by atoms with Gasteiger partial charge in [-0.15, -0.1) is 0 Å². The molecule has 1 aromatic carbocycles. The Morgan fingerprint density at radius 2 is 1.80 bits per heavy atom. The van der Waals surface area contributed by atoms with E-state index in [9.17, 15) is 5.11 Å². The number of benzene rings is 1. The van der Waals surface area contributed by atoms with Gasteiger partial charge in [0, 0.05) is 29.7 Å². The fourth-order valence-electron chi connectivity index (χ4n) is 2.64. The van der Waals surface area contributed by atoms with Crippen LogP contribution in [-0.2, 0) is 6.54 Å². The van der Waals surface area contributed by atoms with Crippen molar-refractivity contribution in [2.45, 2.75) is 26.3 Å². The van der Waals surface area contributed by atoms with Crippen LogP contribution in [0.25, 0.3) is 22.4 Å². The van der Waals surface area contributed by atoms with E-state index in [1.165, 1.54) is 0 Å². The molecular formula is C20H23N3O2. The summed E-state index contributed by atoms with van der Waals surface area (Å²) in [6, 6.07) is 11.9. The first-order chi connectivity index (χ1) is 12.3. The molecule has 0 spiro atoms. The average Bonchev–Trinajstić information content (AvgIpc) is 3.08. The normalized spacial score (nSPS) is 10.8. The van der Waals surface area contributed by atoms with Crippen molar-refractivity contribution in [3.8, 4) is 28.1 Å². The summed E-state index contributed by atoms with van der Waals surface area (Å²) in [4.78, 5) is 4.08. The molecule has 0 amide bonds. The molecule has 0 aliphatic rings. The number of pyridine rings is 1. The third-order valence-electron chi connectivity index (χ3n) is 3.98. The number of unbranched alkanes of at least 4 members (excludes halogenated alkanes) is 1. The largest absolute Gasteiger partial charge is 0.494 e. The number of nitrogens with zero attached hydrogens (tertiary/aromatic N) is 3. The zero-order chi connectivity index (χ0) is 17.5. The molecule has 3 aromatic rings. The minimum Gasteiger partial charge on any atom is -0.494 e. The Bertz CT molecular complexity index is 782. The lowest BCUT2D eigenvalue weighted by Crippen LogP contribution is -2.02. The number of hydrogen-bond acceptors (Lipinski definition) is 4. The van der Waals surface area contributed by atoms with Crippen LogP contribution in [0.5, 0.6) is 5.75 Å². The van der Waals surface area contributed by atoms with Crippen LogP contribution < -0.4 is 4.74 Å². The van der Waals surface area contributed by atoms with Gasteiger partial charge in [-0.1, -0.05) is 13.3 Å². The van der Waals surface area contributed by atoms with E-state index in [0.717, 1.165) is 47.6 Å². The molecule has 0 bridgehead atoms. The van der Waals surface area contributed by atoms with Gasteiger partial charge < -0.3 is 9.84 Å². The van der Waals surface area contributed by atoms with Gasteiger partial charge in [0.2, 0.25) is 0 Å². The van der Waals surface area contributed by atoms with E-state index in [-0.39, 0.29) is 6.61 Å². The predicted molar refractivity (Wildman–Crippen MR) is 98.4 cm³/mol. The minimum absolute atomic E-state index is 0.0567. The van der Waals surface area contributed by atoms with Crippen LogP contribution in [0, 0.1) is 0 Å². The van der Waals surface area contributed by atoms with E-state index in [2.05, 4.69) is 17.0 Å². The third kappa shape index (κ3) is 4.25. The molecule has 0 fully saturated rings. The summed E-state index contributed by atoms with van der Waals surface area (Å²) in [5.41, 5.74) is 3.99. The topological polar surface area (TPSA) is 60.2 Å². The molecular weight excluding hydrogens is 314 g/mol. The Morgan fingerprint density at radius 3 is 2.48 bits per heavy atom. The lowest BCUT2D eigenvalue weighted by Gasteiger charge is -2.07. The van der Waals surface area contributed by atoms with E-state index in [1.807, 2.05) is 42.6 Å². The number of ether oxygens (including phenoxy) is 1. The Balaban J connectivity index is 1.90. The first-order valence-corrected chi connectivity index (χ1v) is 8.63. The molecule has 1 N–H and O–H groups in total. The fourth-order valence-corrected chi connectivity index (χ4v) is 2.64. The van der Waals surface area contributed by atoms with Crippen LogP contribution in [0.2, 0.25) is 0 Å². The van der Waals surface area contributed by atoms with E-state index in [4.69, 9.17) is 4.74 Å². The second kappa shape index (κ2) is 8.44. The SMILES string of the molecule is CCCCOc1ccc(-c2nn(CCO)cc2-c2ccncc2)cc1. The molecule has 0 aliphatic heterocycles. The van der Waals surface area contributed by atoms with Crippen LogP contribution in [-0.4, -0.2) is 33.1 Å². The quantitative estimate of drug-likeness (QED) is 0.636. The lowest BCUT2D eigenvalue weighted by molar-refractivity contribution is 0.269. The second-order valence-corrected chi connectivity index (χ2v) is 5.84. The zero-order valence-electron chi connectivity index (χ0n) is 14.4. The van der Waals surface area contributed by atoms with E-state index >= 15 is 0 Å². The Labute approximate surface area is 147 Å². The van der Waals surface area contributed by atoms with E-state index < -0.39 is 0 Å². The fraction of sp³-hybridized carbons (Fsp3) is 0.300. The number of rotatable bonds is 8. The van der Waals surface area contributed by atoms with Gasteiger partial charge in [0.25, 0.3) is 0 Å². The highest BCUT2D eigenvalue weighted by Crippen LogP contribution is 2.31. The van der Waals surface area contributed by atoms with Crippen LogP contribution in [0.15, 0.2) is 55.0 Å². The molecule has 0 unspecified atom stereocenters. The summed E-state index contributed by atoms with van der Waals surface area (Å²) in [6.45, 7) is 3.41. The van der Waals surface area contributed by atoms with Gasteiger partial charge >= 0.3 is 0 Å². The van der Waals surface area contributed by atoms with Crippen molar-refractivity contribution in [2.24, 2.45) is 0 Å². The summed E-state index contributed by atoms with van der Waals surface area (Å²) >= 11 is 0. The van der Waals surface area contributed by atoms with Gasteiger partial charge in [0.1, 0.15) is 11.4 Å². The molecule has 0 atom stereocenters. The van der Waals surface area contributed by atoms with Gasteiger partial charge in [0.15, 0.2) is 0 Å². The van der Waals surface area contributed by atoms with Gasteiger partial charge in [-0.05, 0) is 48.4 Å². The van der Waals surface area contributed by atoms with Gasteiger partial charge in [-0.25, -0.2) is 0 Å². The van der Waals surface area contributed by atoms with Crippen molar-refractivity contribution in [2.75, 3.05) is 13.2 Å². The first kappa shape index (κ1) is 17.2. The predicted octanol–water partition coefficient (Wildman–Crippen LogP) is 3.78. The van der Waals surface area contributed by atoms with Crippen molar-refractivity contribution in [1.29, 1.82) is 0 Å². The molecule has 5 nitrogen and oxygen atoms in total. The van der Waals surface area contributed by atoms with Crippen molar-refractivity contribution >= 4 is 0 Å². The zero-order valence-corrected chi connectivity index (χ0v) is 14.4. The van der Waals surface area contributed by atoms with Gasteiger partial charge in [0.05, 0.1) is 19.8 Å². The number of aromatic nitrogens is 3. The number of hydrogen-bond donors (Lipinski definition) is 1. The summed E-state index contributed by atoms with van der Waals surface area (Å²) < 4.78 is 7.50.